The topological polar surface area (TPSA) is 46.6 Å². The first kappa shape index (κ1) is 17.1. The minimum Gasteiger partial charge on any atom is -0.383 e. The van der Waals surface area contributed by atoms with Crippen LogP contribution in [0.3, 0.4) is 0 Å². The number of nitrogens with zero attached hydrogens (tertiary/aromatic N) is 1. The van der Waals surface area contributed by atoms with E-state index in [2.05, 4.69) is 0 Å². The highest BCUT2D eigenvalue weighted by molar-refractivity contribution is 7.88. The van der Waals surface area contributed by atoms with Crippen molar-refractivity contribution < 1.29 is 13.2 Å². The third-order valence-corrected chi connectivity index (χ3v) is 5.84. The van der Waals surface area contributed by atoms with E-state index in [4.69, 9.17) is 4.74 Å². The van der Waals surface area contributed by atoms with E-state index in [-0.39, 0.29) is 5.75 Å². The third-order valence-electron chi connectivity index (χ3n) is 3.31. The van der Waals surface area contributed by atoms with Crippen LogP contribution in [0.5, 0.6) is 0 Å². The molecule has 0 aliphatic heterocycles. The molecule has 0 saturated carbocycles. The average Bonchev–Trinajstić information content (AvgIpc) is 2.95. The smallest absolute Gasteiger partial charge is 0.218 e. The first-order chi connectivity index (χ1) is 10.5. The van der Waals surface area contributed by atoms with Gasteiger partial charge in [-0.25, -0.2) is 8.42 Å². The quantitative estimate of drug-likeness (QED) is 0.743. The lowest BCUT2D eigenvalue weighted by Gasteiger charge is -2.21. The van der Waals surface area contributed by atoms with Crippen molar-refractivity contribution in [2.45, 2.75) is 19.2 Å². The summed E-state index contributed by atoms with van der Waals surface area (Å²) < 4.78 is 32.0. The van der Waals surface area contributed by atoms with Crippen LogP contribution in [0.1, 0.15) is 16.7 Å². The molecule has 1 aromatic carbocycles. The van der Waals surface area contributed by atoms with Crippen molar-refractivity contribution in [2.24, 2.45) is 0 Å². The Hall–Kier alpha value is -1.21. The summed E-state index contributed by atoms with van der Waals surface area (Å²) in [5.41, 5.74) is 2.88. The highest BCUT2D eigenvalue weighted by Crippen LogP contribution is 2.17. The molecule has 0 N–H and O–H groups in total. The van der Waals surface area contributed by atoms with Gasteiger partial charge in [-0.05, 0) is 34.9 Å². The maximum absolute atomic E-state index is 12.7. The van der Waals surface area contributed by atoms with Crippen LogP contribution in [-0.4, -0.2) is 33.0 Å². The van der Waals surface area contributed by atoms with E-state index in [9.17, 15) is 8.42 Å². The predicted molar refractivity (Wildman–Crippen MR) is 90.4 cm³/mol. The molecule has 0 bridgehead atoms. The standard InChI is InChI=1S/C16H21NO3S2/c1-14-4-3-5-15(10-14)13-22(18,19)17(7-8-20-2)11-16-6-9-21-12-16/h3-6,9-10,12H,7-8,11,13H2,1-2H3. The van der Waals surface area contributed by atoms with Gasteiger partial charge in [0.25, 0.3) is 0 Å². The Morgan fingerprint density at radius 2 is 2.05 bits per heavy atom. The van der Waals surface area contributed by atoms with Gasteiger partial charge >= 0.3 is 0 Å². The van der Waals surface area contributed by atoms with Crippen molar-refractivity contribution in [2.75, 3.05) is 20.3 Å². The van der Waals surface area contributed by atoms with Crippen LogP contribution in [0.2, 0.25) is 0 Å². The number of thiophene rings is 1. The van der Waals surface area contributed by atoms with Gasteiger partial charge in [0.15, 0.2) is 0 Å². The fourth-order valence-electron chi connectivity index (χ4n) is 2.20. The first-order valence-electron chi connectivity index (χ1n) is 7.04. The lowest BCUT2D eigenvalue weighted by atomic mass is 10.2. The van der Waals surface area contributed by atoms with Crippen LogP contribution in [0.4, 0.5) is 0 Å². The van der Waals surface area contributed by atoms with E-state index in [1.54, 1.807) is 18.4 Å². The Morgan fingerprint density at radius 1 is 1.23 bits per heavy atom. The second-order valence-electron chi connectivity index (χ2n) is 5.20. The monoisotopic (exact) mass is 339 g/mol. The summed E-state index contributed by atoms with van der Waals surface area (Å²) in [5.74, 6) is 0.0164. The molecule has 0 amide bonds. The highest BCUT2D eigenvalue weighted by atomic mass is 32.2. The molecule has 0 atom stereocenters. The number of rotatable bonds is 8. The van der Waals surface area contributed by atoms with Crippen LogP contribution < -0.4 is 0 Å². The zero-order chi connectivity index (χ0) is 16.0. The van der Waals surface area contributed by atoms with Gasteiger partial charge in [0.2, 0.25) is 10.0 Å². The van der Waals surface area contributed by atoms with Crippen LogP contribution in [0.25, 0.3) is 0 Å². The number of ether oxygens (including phenoxy) is 1. The van der Waals surface area contributed by atoms with Crippen LogP contribution in [0, 0.1) is 6.92 Å². The molecule has 2 aromatic rings. The molecule has 0 spiro atoms. The second-order valence-corrected chi connectivity index (χ2v) is 7.95. The molecular weight excluding hydrogens is 318 g/mol. The van der Waals surface area contributed by atoms with E-state index in [0.29, 0.717) is 19.7 Å². The molecule has 0 saturated heterocycles. The summed E-state index contributed by atoms with van der Waals surface area (Å²) in [6.07, 6.45) is 0. The molecule has 0 aliphatic carbocycles. The van der Waals surface area contributed by atoms with Gasteiger partial charge < -0.3 is 4.74 Å². The minimum absolute atomic E-state index is 0.0164. The molecule has 6 heteroatoms. The maximum atomic E-state index is 12.7. The Kier molecular flexibility index (Phi) is 6.14. The molecule has 0 aliphatic rings. The molecule has 1 aromatic heterocycles. The van der Waals surface area contributed by atoms with Gasteiger partial charge in [-0.2, -0.15) is 15.6 Å². The van der Waals surface area contributed by atoms with Crippen molar-refractivity contribution in [1.82, 2.24) is 4.31 Å². The lowest BCUT2D eigenvalue weighted by Crippen LogP contribution is -2.34. The SMILES string of the molecule is COCCN(Cc1ccsc1)S(=O)(=O)Cc1cccc(C)c1. The largest absolute Gasteiger partial charge is 0.383 e. The second kappa shape index (κ2) is 7.87. The number of hydrogen-bond acceptors (Lipinski definition) is 4. The summed E-state index contributed by atoms with van der Waals surface area (Å²) in [6, 6.07) is 9.57. The molecule has 0 radical (unpaired) electrons. The Bertz CT molecular complexity index is 681. The third kappa shape index (κ3) is 4.91. The summed E-state index contributed by atoms with van der Waals surface area (Å²) in [7, 11) is -1.80. The van der Waals surface area contributed by atoms with Crippen molar-refractivity contribution in [3.8, 4) is 0 Å². The summed E-state index contributed by atoms with van der Waals surface area (Å²) >= 11 is 1.57. The van der Waals surface area contributed by atoms with E-state index >= 15 is 0 Å². The van der Waals surface area contributed by atoms with Gasteiger partial charge in [0.1, 0.15) is 0 Å². The molecule has 2 rings (SSSR count). The predicted octanol–water partition coefficient (Wildman–Crippen LogP) is 3.03. The van der Waals surface area contributed by atoms with Crippen LogP contribution >= 0.6 is 11.3 Å². The van der Waals surface area contributed by atoms with E-state index in [0.717, 1.165) is 16.7 Å². The fraction of sp³-hybridized carbons (Fsp3) is 0.375. The van der Waals surface area contributed by atoms with Crippen molar-refractivity contribution in [1.29, 1.82) is 0 Å². The summed E-state index contributed by atoms with van der Waals surface area (Å²) in [4.78, 5) is 0. The number of sulfonamides is 1. The molecular formula is C16H21NO3S2. The summed E-state index contributed by atoms with van der Waals surface area (Å²) in [5, 5.41) is 3.93. The zero-order valence-electron chi connectivity index (χ0n) is 12.9. The van der Waals surface area contributed by atoms with Gasteiger partial charge in [-0.15, -0.1) is 0 Å². The molecule has 4 nitrogen and oxygen atoms in total. The summed E-state index contributed by atoms with van der Waals surface area (Å²) in [6.45, 7) is 3.10. The van der Waals surface area contributed by atoms with E-state index in [1.165, 1.54) is 4.31 Å². The van der Waals surface area contributed by atoms with Gasteiger partial charge in [0, 0.05) is 20.2 Å². The Labute approximate surface area is 136 Å². The molecule has 0 fully saturated rings. The molecule has 22 heavy (non-hydrogen) atoms. The van der Waals surface area contributed by atoms with E-state index in [1.807, 2.05) is 48.0 Å². The number of aryl methyl sites for hydroxylation is 1. The number of methoxy groups -OCH3 is 1. The van der Waals surface area contributed by atoms with Crippen molar-refractivity contribution >= 4 is 21.4 Å². The maximum Gasteiger partial charge on any atom is 0.218 e. The first-order valence-corrected chi connectivity index (χ1v) is 9.60. The number of benzene rings is 1. The normalized spacial score (nSPS) is 12.0. The molecule has 120 valence electrons. The Balaban J connectivity index is 2.16. The van der Waals surface area contributed by atoms with Crippen molar-refractivity contribution in [3.63, 3.8) is 0 Å². The highest BCUT2D eigenvalue weighted by Gasteiger charge is 2.22. The van der Waals surface area contributed by atoms with Crippen LogP contribution in [-0.2, 0) is 27.1 Å². The average molecular weight is 339 g/mol. The molecule has 1 heterocycles. The number of hydrogen-bond donors (Lipinski definition) is 0. The van der Waals surface area contributed by atoms with E-state index < -0.39 is 10.0 Å². The van der Waals surface area contributed by atoms with Crippen LogP contribution in [0.15, 0.2) is 41.1 Å². The van der Waals surface area contributed by atoms with Gasteiger partial charge in [-0.1, -0.05) is 29.8 Å². The Morgan fingerprint density at radius 3 is 2.68 bits per heavy atom. The lowest BCUT2D eigenvalue weighted by molar-refractivity contribution is 0.177. The van der Waals surface area contributed by atoms with Crippen molar-refractivity contribution in [3.05, 3.63) is 57.8 Å². The fourth-order valence-corrected chi connectivity index (χ4v) is 4.34. The molecule has 0 unspecified atom stereocenters. The van der Waals surface area contributed by atoms with Gasteiger partial charge in [0.05, 0.1) is 12.4 Å². The van der Waals surface area contributed by atoms with Gasteiger partial charge in [-0.3, -0.25) is 0 Å². The minimum atomic E-state index is -3.38. The zero-order valence-corrected chi connectivity index (χ0v) is 14.5.